The van der Waals surface area contributed by atoms with E-state index in [9.17, 15) is 22.8 Å². The number of nitrogens with zero attached hydrogens (tertiary/aromatic N) is 3. The second-order valence-corrected chi connectivity index (χ2v) is 9.19. The van der Waals surface area contributed by atoms with Crippen molar-refractivity contribution in [3.05, 3.63) is 59.9 Å². The lowest BCUT2D eigenvalue weighted by molar-refractivity contribution is -0.137. The average Bonchev–Trinajstić information content (AvgIpc) is 3.27. The fourth-order valence-corrected chi connectivity index (χ4v) is 4.65. The first-order chi connectivity index (χ1) is 17.3. The Hall–Kier alpha value is -3.34. The van der Waals surface area contributed by atoms with Gasteiger partial charge in [-0.3, -0.25) is 14.7 Å². The Balaban J connectivity index is 1.37. The summed E-state index contributed by atoms with van der Waals surface area (Å²) in [4.78, 5) is 32.5. The zero-order valence-electron chi connectivity index (χ0n) is 19.8. The number of aromatic nitrogens is 1. The van der Waals surface area contributed by atoms with Crippen molar-refractivity contribution in [2.45, 2.75) is 19.1 Å². The molecule has 3 heterocycles. The minimum absolute atomic E-state index is 0.0461. The van der Waals surface area contributed by atoms with Crippen molar-refractivity contribution in [1.82, 2.24) is 25.4 Å². The molecule has 1 aromatic carbocycles. The maximum atomic E-state index is 13.0. The number of likely N-dealkylation sites (tertiary alicyclic amines) is 1. The third-order valence-corrected chi connectivity index (χ3v) is 6.41. The highest BCUT2D eigenvalue weighted by molar-refractivity contribution is 5.79. The molecule has 36 heavy (non-hydrogen) atoms. The second kappa shape index (κ2) is 11.6. The molecule has 0 unspecified atom stereocenters. The number of halogens is 3. The Bertz CT molecular complexity index is 1040. The quantitative estimate of drug-likeness (QED) is 0.548. The predicted octanol–water partition coefficient (Wildman–Crippen LogP) is 2.76. The van der Waals surface area contributed by atoms with Crippen LogP contribution in [0, 0.1) is 11.8 Å². The normalized spacial score (nSPS) is 20.8. The molecule has 0 radical (unpaired) electrons. The third kappa shape index (κ3) is 7.09. The molecule has 2 fully saturated rings. The Morgan fingerprint density at radius 3 is 2.72 bits per heavy atom. The number of hydrogen-bond acceptors (Lipinski definition) is 5. The molecule has 4 rings (SSSR count). The van der Waals surface area contributed by atoms with Gasteiger partial charge in [-0.05, 0) is 42.3 Å². The van der Waals surface area contributed by atoms with Crippen molar-refractivity contribution in [1.29, 1.82) is 0 Å². The number of nitrogens with one attached hydrogen (secondary N) is 2. The number of piperidine rings is 1. The standard InChI is InChI=1S/C25H30F3N5O3/c26-25(27,28)21-2-1-3-22(13-21)36-17-19-12-20(16-32(15-19)14-18-4-6-29-7-5-18)23(34)30-8-10-33-11-9-31-24(33)35/h1-7,13,19-20H,8-12,14-17H2,(H,30,34)(H,31,35)/t19-,20+/m0/s1. The Morgan fingerprint density at radius 2 is 2.00 bits per heavy atom. The number of hydrogen-bond donors (Lipinski definition) is 2. The van der Waals surface area contributed by atoms with Gasteiger partial charge in [-0.15, -0.1) is 0 Å². The summed E-state index contributed by atoms with van der Waals surface area (Å²) in [7, 11) is 0. The smallest absolute Gasteiger partial charge is 0.416 e. The number of benzene rings is 1. The van der Waals surface area contributed by atoms with Gasteiger partial charge in [-0.1, -0.05) is 6.07 Å². The van der Waals surface area contributed by atoms with Gasteiger partial charge in [0.2, 0.25) is 5.91 Å². The Labute approximate surface area is 207 Å². The molecule has 1 aromatic heterocycles. The van der Waals surface area contributed by atoms with E-state index in [4.69, 9.17) is 4.74 Å². The van der Waals surface area contributed by atoms with Gasteiger partial charge in [0.25, 0.3) is 0 Å². The van der Waals surface area contributed by atoms with Gasteiger partial charge in [0, 0.05) is 64.1 Å². The minimum Gasteiger partial charge on any atom is -0.493 e. The first-order valence-electron chi connectivity index (χ1n) is 12.0. The number of ether oxygens (including phenoxy) is 1. The molecule has 2 saturated heterocycles. The second-order valence-electron chi connectivity index (χ2n) is 9.19. The van der Waals surface area contributed by atoms with Crippen LogP contribution in [0.3, 0.4) is 0 Å². The summed E-state index contributed by atoms with van der Waals surface area (Å²) in [5, 5.41) is 5.67. The van der Waals surface area contributed by atoms with Crippen molar-refractivity contribution >= 4 is 11.9 Å². The lowest BCUT2D eigenvalue weighted by Gasteiger charge is -2.37. The summed E-state index contributed by atoms with van der Waals surface area (Å²) in [6.45, 7) is 4.05. The van der Waals surface area contributed by atoms with Gasteiger partial charge in [0.05, 0.1) is 18.1 Å². The SMILES string of the molecule is O=C(NCCN1CCNC1=O)[C@@H]1C[C@H](COc2cccc(C(F)(F)F)c2)CN(Cc2ccncc2)C1. The van der Waals surface area contributed by atoms with E-state index in [0.717, 1.165) is 17.7 Å². The maximum absolute atomic E-state index is 13.0. The highest BCUT2D eigenvalue weighted by Crippen LogP contribution is 2.32. The van der Waals surface area contributed by atoms with Crippen LogP contribution in [-0.2, 0) is 17.5 Å². The third-order valence-electron chi connectivity index (χ3n) is 6.41. The molecule has 0 saturated carbocycles. The van der Waals surface area contributed by atoms with Gasteiger partial charge in [0.1, 0.15) is 5.75 Å². The zero-order chi connectivity index (χ0) is 25.5. The summed E-state index contributed by atoms with van der Waals surface area (Å²) >= 11 is 0. The molecule has 0 aliphatic carbocycles. The molecule has 2 aromatic rings. The zero-order valence-corrected chi connectivity index (χ0v) is 19.8. The van der Waals surface area contributed by atoms with E-state index in [0.29, 0.717) is 52.2 Å². The molecule has 2 atom stereocenters. The largest absolute Gasteiger partial charge is 0.493 e. The lowest BCUT2D eigenvalue weighted by Crippen LogP contribution is -2.48. The van der Waals surface area contributed by atoms with Crippen LogP contribution in [0.5, 0.6) is 5.75 Å². The molecule has 0 bridgehead atoms. The summed E-state index contributed by atoms with van der Waals surface area (Å²) < 4.78 is 44.9. The summed E-state index contributed by atoms with van der Waals surface area (Å²) in [5.41, 5.74) is 0.301. The molecular formula is C25H30F3N5O3. The Morgan fingerprint density at radius 1 is 1.19 bits per heavy atom. The first kappa shape index (κ1) is 25.7. The molecular weight excluding hydrogens is 475 g/mol. The number of amides is 3. The molecule has 2 aliphatic heterocycles. The minimum atomic E-state index is -4.44. The van der Waals surface area contributed by atoms with Crippen LogP contribution >= 0.6 is 0 Å². The van der Waals surface area contributed by atoms with Crippen LogP contribution in [0.15, 0.2) is 48.8 Å². The van der Waals surface area contributed by atoms with Gasteiger partial charge in [0.15, 0.2) is 0 Å². The summed E-state index contributed by atoms with van der Waals surface area (Å²) in [6, 6.07) is 8.54. The number of pyridine rings is 1. The topological polar surface area (TPSA) is 86.8 Å². The molecule has 11 heteroatoms. The van der Waals surface area contributed by atoms with Crippen LogP contribution in [0.1, 0.15) is 17.5 Å². The van der Waals surface area contributed by atoms with E-state index in [1.54, 1.807) is 17.3 Å². The van der Waals surface area contributed by atoms with Crippen molar-refractivity contribution < 1.29 is 27.5 Å². The van der Waals surface area contributed by atoms with Gasteiger partial charge >= 0.3 is 12.2 Å². The predicted molar refractivity (Wildman–Crippen MR) is 126 cm³/mol. The molecule has 8 nitrogen and oxygen atoms in total. The monoisotopic (exact) mass is 505 g/mol. The molecule has 3 amide bonds. The van der Waals surface area contributed by atoms with Crippen LogP contribution in [0.25, 0.3) is 0 Å². The van der Waals surface area contributed by atoms with Gasteiger partial charge in [-0.2, -0.15) is 13.2 Å². The lowest BCUT2D eigenvalue weighted by atomic mass is 9.88. The summed E-state index contributed by atoms with van der Waals surface area (Å²) in [5.74, 6) is -0.294. The van der Waals surface area contributed by atoms with Crippen LogP contribution in [-0.4, -0.2) is 72.6 Å². The average molecular weight is 506 g/mol. The Kier molecular flexibility index (Phi) is 8.29. The molecule has 2 aliphatic rings. The van der Waals surface area contributed by atoms with E-state index in [-0.39, 0.29) is 36.1 Å². The van der Waals surface area contributed by atoms with E-state index >= 15 is 0 Å². The molecule has 194 valence electrons. The van der Waals surface area contributed by atoms with Gasteiger partial charge < -0.3 is 20.3 Å². The number of alkyl halides is 3. The highest BCUT2D eigenvalue weighted by Gasteiger charge is 2.33. The number of carbonyl (C=O) groups is 2. The van der Waals surface area contributed by atoms with Crippen LogP contribution < -0.4 is 15.4 Å². The number of urea groups is 1. The molecule has 2 N–H and O–H groups in total. The highest BCUT2D eigenvalue weighted by atomic mass is 19.4. The van der Waals surface area contributed by atoms with E-state index in [1.807, 2.05) is 12.1 Å². The van der Waals surface area contributed by atoms with Crippen molar-refractivity contribution in [2.75, 3.05) is 45.9 Å². The number of rotatable bonds is 9. The number of carbonyl (C=O) groups excluding carboxylic acids is 2. The van der Waals surface area contributed by atoms with Crippen LogP contribution in [0.4, 0.5) is 18.0 Å². The van der Waals surface area contributed by atoms with Crippen LogP contribution in [0.2, 0.25) is 0 Å². The van der Waals surface area contributed by atoms with Crippen molar-refractivity contribution in [3.63, 3.8) is 0 Å². The fourth-order valence-electron chi connectivity index (χ4n) is 4.65. The van der Waals surface area contributed by atoms with Crippen molar-refractivity contribution in [3.8, 4) is 5.75 Å². The van der Waals surface area contributed by atoms with Gasteiger partial charge in [-0.25, -0.2) is 4.79 Å². The fraction of sp³-hybridized carbons (Fsp3) is 0.480. The van der Waals surface area contributed by atoms with E-state index in [2.05, 4.69) is 20.5 Å². The van der Waals surface area contributed by atoms with E-state index < -0.39 is 11.7 Å². The van der Waals surface area contributed by atoms with Crippen molar-refractivity contribution in [2.24, 2.45) is 11.8 Å². The molecule has 0 spiro atoms. The summed E-state index contributed by atoms with van der Waals surface area (Å²) in [6.07, 6.45) is -0.454. The van der Waals surface area contributed by atoms with E-state index in [1.165, 1.54) is 12.1 Å². The first-order valence-corrected chi connectivity index (χ1v) is 12.0. The maximum Gasteiger partial charge on any atom is 0.416 e.